The molecule has 104 valence electrons. The second-order valence-corrected chi connectivity index (χ2v) is 4.95. The second kappa shape index (κ2) is 5.61. The summed E-state index contributed by atoms with van der Waals surface area (Å²) < 4.78 is 0. The lowest BCUT2D eigenvalue weighted by Gasteiger charge is -2.16. The Bertz CT molecular complexity index is 562. The Morgan fingerprint density at radius 1 is 1.35 bits per heavy atom. The molecule has 1 aromatic carbocycles. The molecule has 6 nitrogen and oxygen atoms in total. The molecule has 2 amide bonds. The number of carbonyl (C=O) groups excluding carboxylic acids is 1. The van der Waals surface area contributed by atoms with Crippen molar-refractivity contribution in [2.24, 2.45) is 11.8 Å². The normalized spacial score (nSPS) is 21.3. The topological polar surface area (TPSA) is 93.4 Å². The summed E-state index contributed by atoms with van der Waals surface area (Å²) in [7, 11) is 0. The van der Waals surface area contributed by atoms with Crippen molar-refractivity contribution in [2.75, 3.05) is 18.4 Å². The lowest BCUT2D eigenvalue weighted by Crippen LogP contribution is -2.33. The van der Waals surface area contributed by atoms with Crippen molar-refractivity contribution in [3.05, 3.63) is 29.8 Å². The maximum Gasteiger partial charge on any atom is 0.321 e. The number of anilines is 1. The summed E-state index contributed by atoms with van der Waals surface area (Å²) in [6.07, 6.45) is 0. The SMILES string of the molecule is C[C@@H]1CN(C(=O)Nc2ccc(C#N)cc2)C[C@H]1C(=O)O. The molecule has 0 aromatic heterocycles. The van der Waals surface area contributed by atoms with Crippen LogP contribution in [0.2, 0.25) is 0 Å². The number of carbonyl (C=O) groups is 2. The van der Waals surface area contributed by atoms with Crippen molar-refractivity contribution < 1.29 is 14.7 Å². The molecule has 0 saturated carbocycles. The van der Waals surface area contributed by atoms with E-state index in [1.54, 1.807) is 24.3 Å². The summed E-state index contributed by atoms with van der Waals surface area (Å²) in [5.74, 6) is -1.44. The van der Waals surface area contributed by atoms with Crippen LogP contribution < -0.4 is 5.32 Å². The molecule has 1 saturated heterocycles. The monoisotopic (exact) mass is 273 g/mol. The Labute approximate surface area is 116 Å². The first-order chi connectivity index (χ1) is 9.51. The molecular formula is C14H15N3O3. The van der Waals surface area contributed by atoms with Gasteiger partial charge in [0.2, 0.25) is 0 Å². The number of carboxylic acids is 1. The van der Waals surface area contributed by atoms with Gasteiger partial charge in [-0.2, -0.15) is 5.26 Å². The summed E-state index contributed by atoms with van der Waals surface area (Å²) in [5.41, 5.74) is 1.10. The molecule has 1 fully saturated rings. The van der Waals surface area contributed by atoms with Gasteiger partial charge < -0.3 is 15.3 Å². The van der Waals surface area contributed by atoms with Gasteiger partial charge in [-0.15, -0.1) is 0 Å². The van der Waals surface area contributed by atoms with Gasteiger partial charge in [0.1, 0.15) is 0 Å². The summed E-state index contributed by atoms with van der Waals surface area (Å²) in [6.45, 7) is 2.48. The van der Waals surface area contributed by atoms with Gasteiger partial charge in [0.05, 0.1) is 17.6 Å². The third-order valence-corrected chi connectivity index (χ3v) is 3.48. The molecule has 20 heavy (non-hydrogen) atoms. The predicted molar refractivity (Wildman–Crippen MR) is 72.0 cm³/mol. The number of hydrogen-bond donors (Lipinski definition) is 2. The molecule has 0 aliphatic carbocycles. The Balaban J connectivity index is 1.99. The van der Waals surface area contributed by atoms with Crippen molar-refractivity contribution in [1.82, 2.24) is 4.90 Å². The first kappa shape index (κ1) is 13.9. The van der Waals surface area contributed by atoms with Crippen LogP contribution in [0.4, 0.5) is 10.5 Å². The molecule has 1 aliphatic heterocycles. The molecule has 6 heteroatoms. The minimum Gasteiger partial charge on any atom is -0.481 e. The fraction of sp³-hybridized carbons (Fsp3) is 0.357. The summed E-state index contributed by atoms with van der Waals surface area (Å²) in [4.78, 5) is 24.6. The zero-order valence-electron chi connectivity index (χ0n) is 11.0. The molecule has 2 rings (SSSR count). The van der Waals surface area contributed by atoms with Gasteiger partial charge in [-0.3, -0.25) is 4.79 Å². The molecule has 2 N–H and O–H groups in total. The van der Waals surface area contributed by atoms with Crippen molar-refractivity contribution in [1.29, 1.82) is 5.26 Å². The van der Waals surface area contributed by atoms with E-state index in [-0.39, 0.29) is 18.5 Å². The van der Waals surface area contributed by atoms with E-state index in [9.17, 15) is 9.59 Å². The van der Waals surface area contributed by atoms with Crippen LogP contribution in [0.1, 0.15) is 12.5 Å². The van der Waals surface area contributed by atoms with Crippen LogP contribution in [0, 0.1) is 23.2 Å². The van der Waals surface area contributed by atoms with Crippen LogP contribution in [0.25, 0.3) is 0 Å². The van der Waals surface area contributed by atoms with Crippen LogP contribution in [0.15, 0.2) is 24.3 Å². The maximum atomic E-state index is 12.0. The number of carboxylic acid groups (broad SMARTS) is 1. The number of nitriles is 1. The number of amides is 2. The van der Waals surface area contributed by atoms with Crippen LogP contribution in [-0.4, -0.2) is 35.1 Å². The fourth-order valence-electron chi connectivity index (χ4n) is 2.28. The summed E-state index contributed by atoms with van der Waals surface area (Å²) in [6, 6.07) is 8.20. The van der Waals surface area contributed by atoms with Gasteiger partial charge in [0.15, 0.2) is 0 Å². The number of nitrogens with zero attached hydrogens (tertiary/aromatic N) is 2. The lowest BCUT2D eigenvalue weighted by molar-refractivity contribution is -0.142. The third-order valence-electron chi connectivity index (χ3n) is 3.48. The van der Waals surface area contributed by atoms with E-state index < -0.39 is 11.9 Å². The Morgan fingerprint density at radius 2 is 2.00 bits per heavy atom. The molecule has 1 heterocycles. The Kier molecular flexibility index (Phi) is 3.89. The van der Waals surface area contributed by atoms with Gasteiger partial charge in [-0.05, 0) is 30.2 Å². The highest BCUT2D eigenvalue weighted by molar-refractivity contribution is 5.90. The zero-order chi connectivity index (χ0) is 14.7. The van der Waals surface area contributed by atoms with Crippen molar-refractivity contribution in [2.45, 2.75) is 6.92 Å². The average molecular weight is 273 g/mol. The number of benzene rings is 1. The van der Waals surface area contributed by atoms with Gasteiger partial charge in [0, 0.05) is 18.8 Å². The van der Waals surface area contributed by atoms with E-state index in [1.165, 1.54) is 4.90 Å². The first-order valence-corrected chi connectivity index (χ1v) is 6.30. The van der Waals surface area contributed by atoms with Crippen molar-refractivity contribution in [3.8, 4) is 6.07 Å². The quantitative estimate of drug-likeness (QED) is 0.858. The van der Waals surface area contributed by atoms with Gasteiger partial charge in [0.25, 0.3) is 0 Å². The summed E-state index contributed by atoms with van der Waals surface area (Å²) in [5, 5.41) is 20.4. The maximum absolute atomic E-state index is 12.0. The Morgan fingerprint density at radius 3 is 2.50 bits per heavy atom. The second-order valence-electron chi connectivity index (χ2n) is 4.95. The largest absolute Gasteiger partial charge is 0.481 e. The highest BCUT2D eigenvalue weighted by Gasteiger charge is 2.36. The van der Waals surface area contributed by atoms with E-state index in [0.717, 1.165) is 0 Å². The van der Waals surface area contributed by atoms with E-state index in [2.05, 4.69) is 5.32 Å². The minimum absolute atomic E-state index is 0.0563. The standard InChI is InChI=1S/C14H15N3O3/c1-9-7-17(8-12(9)13(18)19)14(20)16-11-4-2-10(6-15)3-5-11/h2-5,9,12H,7-8H2,1H3,(H,16,20)(H,18,19)/t9-,12-/m1/s1. The number of likely N-dealkylation sites (tertiary alicyclic amines) is 1. The lowest BCUT2D eigenvalue weighted by atomic mass is 9.99. The minimum atomic E-state index is -0.869. The molecular weight excluding hydrogens is 258 g/mol. The number of urea groups is 1. The number of hydrogen-bond acceptors (Lipinski definition) is 3. The van der Waals surface area contributed by atoms with Gasteiger partial charge >= 0.3 is 12.0 Å². The average Bonchev–Trinajstić information content (AvgIpc) is 2.82. The number of rotatable bonds is 2. The van der Waals surface area contributed by atoms with E-state index in [1.807, 2.05) is 13.0 Å². The zero-order valence-corrected chi connectivity index (χ0v) is 11.0. The number of nitrogens with one attached hydrogen (secondary N) is 1. The number of aliphatic carboxylic acids is 1. The van der Waals surface area contributed by atoms with E-state index in [4.69, 9.17) is 10.4 Å². The van der Waals surface area contributed by atoms with Crippen LogP contribution in [-0.2, 0) is 4.79 Å². The Hall–Kier alpha value is -2.55. The highest BCUT2D eigenvalue weighted by atomic mass is 16.4. The first-order valence-electron chi connectivity index (χ1n) is 6.30. The highest BCUT2D eigenvalue weighted by Crippen LogP contribution is 2.23. The van der Waals surface area contributed by atoms with Crippen LogP contribution in [0.3, 0.4) is 0 Å². The van der Waals surface area contributed by atoms with Gasteiger partial charge in [-0.25, -0.2) is 4.79 Å². The van der Waals surface area contributed by atoms with Crippen molar-refractivity contribution >= 4 is 17.7 Å². The van der Waals surface area contributed by atoms with Crippen LogP contribution >= 0.6 is 0 Å². The molecule has 1 aromatic rings. The third kappa shape index (κ3) is 2.88. The molecule has 0 bridgehead atoms. The van der Waals surface area contributed by atoms with Crippen LogP contribution in [0.5, 0.6) is 0 Å². The molecule has 1 aliphatic rings. The smallest absolute Gasteiger partial charge is 0.321 e. The molecule has 0 radical (unpaired) electrons. The van der Waals surface area contributed by atoms with E-state index >= 15 is 0 Å². The molecule has 0 spiro atoms. The predicted octanol–water partition coefficient (Wildman–Crippen LogP) is 1.74. The van der Waals surface area contributed by atoms with Gasteiger partial charge in [-0.1, -0.05) is 6.92 Å². The van der Waals surface area contributed by atoms with Crippen molar-refractivity contribution in [3.63, 3.8) is 0 Å². The van der Waals surface area contributed by atoms with E-state index in [0.29, 0.717) is 17.8 Å². The molecule has 2 atom stereocenters. The summed E-state index contributed by atoms with van der Waals surface area (Å²) >= 11 is 0. The fourth-order valence-corrected chi connectivity index (χ4v) is 2.28. The molecule has 0 unspecified atom stereocenters.